The quantitative estimate of drug-likeness (QED) is 0.896. The monoisotopic (exact) mass is 274 g/mol. The highest BCUT2D eigenvalue weighted by Crippen LogP contribution is 2.37. The van der Waals surface area contributed by atoms with Crippen molar-refractivity contribution in [2.24, 2.45) is 0 Å². The number of benzene rings is 1. The minimum Gasteiger partial charge on any atom is -0.378 e. The second-order valence-corrected chi connectivity index (χ2v) is 4.73. The van der Waals surface area contributed by atoms with Crippen LogP contribution in [-0.4, -0.2) is 33.8 Å². The number of nitrogens with zero attached hydrogens (tertiary/aromatic N) is 1. The maximum Gasteiger partial charge on any atom is 0.416 e. The third-order valence-corrected chi connectivity index (χ3v) is 3.13. The number of morpholine rings is 1. The van der Waals surface area contributed by atoms with Crippen LogP contribution >= 0.6 is 0 Å². The van der Waals surface area contributed by atoms with E-state index < -0.39 is 17.8 Å². The number of nitrogens with one attached hydrogen (secondary N) is 1. The fourth-order valence-corrected chi connectivity index (χ4v) is 2.12. The van der Waals surface area contributed by atoms with Crippen molar-refractivity contribution in [1.82, 2.24) is 5.32 Å². The summed E-state index contributed by atoms with van der Waals surface area (Å²) in [5.74, 6) is 0. The van der Waals surface area contributed by atoms with E-state index in [1.54, 1.807) is 25.1 Å². The van der Waals surface area contributed by atoms with Gasteiger partial charge in [0.25, 0.3) is 0 Å². The first-order chi connectivity index (χ1) is 8.89. The summed E-state index contributed by atoms with van der Waals surface area (Å²) < 4.78 is 44.6. The summed E-state index contributed by atoms with van der Waals surface area (Å²) in [6.45, 7) is 1.50. The van der Waals surface area contributed by atoms with Crippen molar-refractivity contribution in [1.29, 1.82) is 0 Å². The van der Waals surface area contributed by atoms with Crippen LogP contribution in [0.5, 0.6) is 0 Å². The van der Waals surface area contributed by atoms with Gasteiger partial charge < -0.3 is 15.0 Å². The predicted molar refractivity (Wildman–Crippen MR) is 67.3 cm³/mol. The first kappa shape index (κ1) is 14.1. The van der Waals surface area contributed by atoms with E-state index >= 15 is 0 Å². The third-order valence-electron chi connectivity index (χ3n) is 3.13. The number of alkyl halides is 3. The molecule has 1 heterocycles. The standard InChI is InChI=1S/C13H17F3N2O/c1-18(2)9-3-4-11(13(14,15)16)10(7-9)12-8-17-5-6-19-12/h3-4,7,12,17H,5-6,8H2,1-2H3. The Balaban J connectivity index is 2.43. The van der Waals surface area contributed by atoms with E-state index in [2.05, 4.69) is 5.32 Å². The lowest BCUT2D eigenvalue weighted by molar-refractivity contribution is -0.139. The Kier molecular flexibility index (Phi) is 4.01. The molecule has 1 aliphatic rings. The highest BCUT2D eigenvalue weighted by Gasteiger charge is 2.36. The van der Waals surface area contributed by atoms with E-state index in [0.29, 0.717) is 19.7 Å². The van der Waals surface area contributed by atoms with Gasteiger partial charge in [-0.05, 0) is 23.8 Å². The maximum atomic E-state index is 13.0. The molecule has 0 bridgehead atoms. The summed E-state index contributed by atoms with van der Waals surface area (Å²) in [6, 6.07) is 4.16. The smallest absolute Gasteiger partial charge is 0.378 e. The van der Waals surface area contributed by atoms with Gasteiger partial charge in [0.1, 0.15) is 0 Å². The Morgan fingerprint density at radius 1 is 1.32 bits per heavy atom. The molecule has 0 amide bonds. The highest BCUT2D eigenvalue weighted by atomic mass is 19.4. The Morgan fingerprint density at radius 2 is 2.05 bits per heavy atom. The Hall–Kier alpha value is -1.27. The van der Waals surface area contributed by atoms with Crippen LogP contribution in [0.4, 0.5) is 18.9 Å². The fraction of sp³-hybridized carbons (Fsp3) is 0.538. The molecule has 1 aromatic carbocycles. The van der Waals surface area contributed by atoms with Crippen molar-refractivity contribution in [2.75, 3.05) is 38.7 Å². The number of ether oxygens (including phenoxy) is 1. The number of hydrogen-bond donors (Lipinski definition) is 1. The van der Waals surface area contributed by atoms with Crippen molar-refractivity contribution < 1.29 is 17.9 Å². The lowest BCUT2D eigenvalue weighted by Gasteiger charge is -2.27. The zero-order valence-electron chi connectivity index (χ0n) is 10.9. The molecule has 0 radical (unpaired) electrons. The number of anilines is 1. The van der Waals surface area contributed by atoms with Crippen LogP contribution in [0, 0.1) is 0 Å². The molecule has 0 spiro atoms. The minimum absolute atomic E-state index is 0.200. The van der Waals surface area contributed by atoms with Gasteiger partial charge >= 0.3 is 6.18 Å². The number of hydrogen-bond acceptors (Lipinski definition) is 3. The Labute approximate surface area is 110 Å². The van der Waals surface area contributed by atoms with Gasteiger partial charge in [-0.25, -0.2) is 0 Å². The van der Waals surface area contributed by atoms with Gasteiger partial charge in [0, 0.05) is 32.9 Å². The molecule has 1 atom stereocenters. The molecule has 106 valence electrons. The fourth-order valence-electron chi connectivity index (χ4n) is 2.12. The molecular weight excluding hydrogens is 257 g/mol. The van der Waals surface area contributed by atoms with E-state index in [4.69, 9.17) is 4.74 Å². The van der Waals surface area contributed by atoms with Crippen LogP contribution in [0.25, 0.3) is 0 Å². The van der Waals surface area contributed by atoms with Gasteiger partial charge in [0.2, 0.25) is 0 Å². The molecule has 19 heavy (non-hydrogen) atoms. The lowest BCUT2D eigenvalue weighted by atomic mass is 9.99. The first-order valence-electron chi connectivity index (χ1n) is 6.10. The van der Waals surface area contributed by atoms with E-state index in [-0.39, 0.29) is 5.56 Å². The van der Waals surface area contributed by atoms with Gasteiger partial charge in [-0.1, -0.05) is 0 Å². The van der Waals surface area contributed by atoms with E-state index in [9.17, 15) is 13.2 Å². The summed E-state index contributed by atoms with van der Waals surface area (Å²) in [6.07, 6.45) is -4.91. The van der Waals surface area contributed by atoms with Crippen LogP contribution in [0.15, 0.2) is 18.2 Å². The number of rotatable bonds is 2. The highest BCUT2D eigenvalue weighted by molar-refractivity contribution is 5.51. The average Bonchev–Trinajstić information content (AvgIpc) is 2.38. The molecule has 1 aromatic rings. The molecule has 1 saturated heterocycles. The van der Waals surface area contributed by atoms with E-state index in [1.807, 2.05) is 0 Å². The van der Waals surface area contributed by atoms with Crippen LogP contribution in [0.1, 0.15) is 17.2 Å². The lowest BCUT2D eigenvalue weighted by Crippen LogP contribution is -2.34. The Morgan fingerprint density at radius 3 is 2.58 bits per heavy atom. The minimum atomic E-state index is -4.36. The summed E-state index contributed by atoms with van der Waals surface area (Å²) in [5.41, 5.74) is 0.315. The molecule has 0 saturated carbocycles. The topological polar surface area (TPSA) is 24.5 Å². The number of halogens is 3. The molecule has 1 N–H and O–H groups in total. The van der Waals surface area contributed by atoms with Crippen molar-refractivity contribution in [3.8, 4) is 0 Å². The van der Waals surface area contributed by atoms with Crippen LogP contribution < -0.4 is 10.2 Å². The molecule has 0 aliphatic carbocycles. The first-order valence-corrected chi connectivity index (χ1v) is 6.10. The summed E-state index contributed by atoms with van der Waals surface area (Å²) >= 11 is 0. The Bertz CT molecular complexity index is 440. The normalized spacial score (nSPS) is 20.4. The van der Waals surface area contributed by atoms with E-state index in [0.717, 1.165) is 11.8 Å². The van der Waals surface area contributed by atoms with Crippen molar-refractivity contribution in [3.05, 3.63) is 29.3 Å². The van der Waals surface area contributed by atoms with Gasteiger partial charge in [0.05, 0.1) is 18.3 Å². The maximum absolute atomic E-state index is 13.0. The molecule has 1 unspecified atom stereocenters. The molecular formula is C13H17F3N2O. The van der Waals surface area contributed by atoms with Crippen LogP contribution in [-0.2, 0) is 10.9 Å². The molecule has 3 nitrogen and oxygen atoms in total. The van der Waals surface area contributed by atoms with Crippen molar-refractivity contribution >= 4 is 5.69 Å². The molecule has 1 aliphatic heterocycles. The van der Waals surface area contributed by atoms with Gasteiger partial charge in [0.15, 0.2) is 0 Å². The molecule has 1 fully saturated rings. The molecule has 2 rings (SSSR count). The zero-order valence-corrected chi connectivity index (χ0v) is 10.9. The van der Waals surface area contributed by atoms with Gasteiger partial charge in [-0.15, -0.1) is 0 Å². The summed E-state index contributed by atoms with van der Waals surface area (Å²) in [7, 11) is 3.60. The molecule has 6 heteroatoms. The largest absolute Gasteiger partial charge is 0.416 e. The van der Waals surface area contributed by atoms with Crippen molar-refractivity contribution in [2.45, 2.75) is 12.3 Å². The van der Waals surface area contributed by atoms with Gasteiger partial charge in [-0.3, -0.25) is 0 Å². The summed E-state index contributed by atoms with van der Waals surface area (Å²) in [5, 5.41) is 3.05. The SMILES string of the molecule is CN(C)c1ccc(C(F)(F)F)c(C2CNCCO2)c1. The zero-order chi connectivity index (χ0) is 14.0. The van der Waals surface area contributed by atoms with Gasteiger partial charge in [-0.2, -0.15) is 13.2 Å². The molecule has 0 aromatic heterocycles. The second-order valence-electron chi connectivity index (χ2n) is 4.73. The predicted octanol–water partition coefficient (Wildman–Crippen LogP) is 2.43. The van der Waals surface area contributed by atoms with Crippen LogP contribution in [0.2, 0.25) is 0 Å². The summed E-state index contributed by atoms with van der Waals surface area (Å²) in [4.78, 5) is 1.78. The van der Waals surface area contributed by atoms with E-state index in [1.165, 1.54) is 6.07 Å². The second kappa shape index (κ2) is 5.38. The third kappa shape index (κ3) is 3.19. The van der Waals surface area contributed by atoms with Crippen LogP contribution in [0.3, 0.4) is 0 Å². The average molecular weight is 274 g/mol. The van der Waals surface area contributed by atoms with Crippen molar-refractivity contribution in [3.63, 3.8) is 0 Å².